The minimum atomic E-state index is -0.0646. The summed E-state index contributed by atoms with van der Waals surface area (Å²) in [6.45, 7) is 4.19. The molecule has 4 rings (SSSR count). The lowest BCUT2D eigenvalue weighted by Crippen LogP contribution is -2.29. The van der Waals surface area contributed by atoms with E-state index in [0.29, 0.717) is 19.0 Å². The zero-order chi connectivity index (χ0) is 17.2. The van der Waals surface area contributed by atoms with Gasteiger partial charge >= 0.3 is 0 Å². The Morgan fingerprint density at radius 1 is 1.16 bits per heavy atom. The van der Waals surface area contributed by atoms with Crippen molar-refractivity contribution in [1.29, 1.82) is 0 Å². The molecule has 25 heavy (non-hydrogen) atoms. The molecule has 2 aliphatic heterocycles. The van der Waals surface area contributed by atoms with E-state index in [1.54, 1.807) is 23.2 Å². The summed E-state index contributed by atoms with van der Waals surface area (Å²) < 4.78 is 3.67. The largest absolute Gasteiger partial charge is 0.311 e. The van der Waals surface area contributed by atoms with Crippen molar-refractivity contribution in [2.45, 2.75) is 31.8 Å². The van der Waals surface area contributed by atoms with Crippen molar-refractivity contribution >= 4 is 11.6 Å². The van der Waals surface area contributed by atoms with Crippen LogP contribution < -0.4 is 10.5 Å². The van der Waals surface area contributed by atoms with Crippen LogP contribution in [0.5, 0.6) is 0 Å². The summed E-state index contributed by atoms with van der Waals surface area (Å²) in [6, 6.07) is 0.320. The minimum absolute atomic E-state index is 0.0646. The summed E-state index contributed by atoms with van der Waals surface area (Å²) >= 11 is 0. The van der Waals surface area contributed by atoms with E-state index in [0.717, 1.165) is 44.7 Å². The Morgan fingerprint density at radius 2 is 2.08 bits per heavy atom. The van der Waals surface area contributed by atoms with Gasteiger partial charge in [0.15, 0.2) is 0 Å². The highest BCUT2D eigenvalue weighted by atomic mass is 16.2. The van der Waals surface area contributed by atoms with Crippen molar-refractivity contribution in [2.24, 2.45) is 0 Å². The lowest BCUT2D eigenvalue weighted by Gasteiger charge is -2.17. The van der Waals surface area contributed by atoms with Crippen molar-refractivity contribution in [3.8, 4) is 0 Å². The fourth-order valence-corrected chi connectivity index (χ4v) is 3.63. The molecule has 1 amide bonds. The SMILES string of the molecule is O=C1CCCN1c1cnn(C2CCN(CCn3ccncc3=O)C2)c1. The van der Waals surface area contributed by atoms with Gasteiger partial charge in [-0.25, -0.2) is 0 Å². The number of carbonyl (C=O) groups excluding carboxylic acids is 1. The summed E-state index contributed by atoms with van der Waals surface area (Å²) in [6.07, 6.45) is 11.1. The molecule has 0 N–H and O–H groups in total. The van der Waals surface area contributed by atoms with Crippen molar-refractivity contribution in [3.05, 3.63) is 41.3 Å². The standard InChI is InChI=1S/C17H22N6O2/c24-16-2-1-5-22(16)15-10-19-23(13-15)14-3-6-20(12-14)8-9-21-7-4-18-11-17(21)25/h4,7,10-11,13-14H,1-3,5-6,8-9,12H2. The number of hydrogen-bond acceptors (Lipinski definition) is 5. The van der Waals surface area contributed by atoms with Crippen LogP contribution in [0, 0.1) is 0 Å². The number of rotatable bonds is 5. The Labute approximate surface area is 145 Å². The molecule has 8 heteroatoms. The highest BCUT2D eigenvalue weighted by molar-refractivity contribution is 5.95. The Balaban J connectivity index is 1.35. The molecule has 0 radical (unpaired) electrons. The smallest absolute Gasteiger partial charge is 0.269 e. The number of aromatic nitrogens is 4. The molecule has 0 bridgehead atoms. The molecule has 0 spiro atoms. The Hall–Kier alpha value is -2.48. The van der Waals surface area contributed by atoms with Crippen molar-refractivity contribution < 1.29 is 4.79 Å². The van der Waals surface area contributed by atoms with Gasteiger partial charge in [-0.3, -0.25) is 24.2 Å². The monoisotopic (exact) mass is 342 g/mol. The molecule has 2 fully saturated rings. The highest BCUT2D eigenvalue weighted by Crippen LogP contribution is 2.25. The fraction of sp³-hybridized carbons (Fsp3) is 0.529. The molecule has 0 saturated carbocycles. The Bertz CT molecular complexity index is 813. The third kappa shape index (κ3) is 3.34. The fourth-order valence-electron chi connectivity index (χ4n) is 3.63. The number of hydrogen-bond donors (Lipinski definition) is 0. The van der Waals surface area contributed by atoms with E-state index in [2.05, 4.69) is 15.0 Å². The van der Waals surface area contributed by atoms with E-state index in [1.165, 1.54) is 6.20 Å². The van der Waals surface area contributed by atoms with Gasteiger partial charge in [0.1, 0.15) is 0 Å². The van der Waals surface area contributed by atoms with Crippen molar-refractivity contribution in [1.82, 2.24) is 24.2 Å². The molecule has 0 aromatic carbocycles. The first-order chi connectivity index (χ1) is 12.2. The molecule has 2 aliphatic rings. The first kappa shape index (κ1) is 16.0. The van der Waals surface area contributed by atoms with Crippen LogP contribution in [0.2, 0.25) is 0 Å². The van der Waals surface area contributed by atoms with Crippen LogP contribution in [-0.2, 0) is 11.3 Å². The summed E-state index contributed by atoms with van der Waals surface area (Å²) in [5.41, 5.74) is 0.842. The summed E-state index contributed by atoms with van der Waals surface area (Å²) in [7, 11) is 0. The van der Waals surface area contributed by atoms with Gasteiger partial charge in [-0.15, -0.1) is 0 Å². The van der Waals surface area contributed by atoms with Crippen LogP contribution in [0.3, 0.4) is 0 Å². The predicted molar refractivity (Wildman–Crippen MR) is 92.4 cm³/mol. The Kier molecular flexibility index (Phi) is 4.35. The van der Waals surface area contributed by atoms with Gasteiger partial charge in [-0.05, 0) is 12.8 Å². The maximum absolute atomic E-state index is 11.9. The maximum Gasteiger partial charge on any atom is 0.269 e. The van der Waals surface area contributed by atoms with Gasteiger partial charge in [0, 0.05) is 57.7 Å². The highest BCUT2D eigenvalue weighted by Gasteiger charge is 2.27. The van der Waals surface area contributed by atoms with Gasteiger partial charge in [0.2, 0.25) is 5.91 Å². The van der Waals surface area contributed by atoms with E-state index in [-0.39, 0.29) is 11.5 Å². The first-order valence-electron chi connectivity index (χ1n) is 8.78. The molecular weight excluding hydrogens is 320 g/mol. The predicted octanol–water partition coefficient (Wildman–Crippen LogP) is 0.514. The van der Waals surface area contributed by atoms with E-state index in [4.69, 9.17) is 0 Å². The summed E-state index contributed by atoms with van der Waals surface area (Å²) in [4.78, 5) is 31.6. The molecule has 132 valence electrons. The zero-order valence-electron chi connectivity index (χ0n) is 14.1. The molecule has 1 atom stereocenters. The molecule has 2 saturated heterocycles. The second-order valence-electron chi connectivity index (χ2n) is 6.68. The quantitative estimate of drug-likeness (QED) is 0.791. The molecule has 2 aromatic heterocycles. The van der Waals surface area contributed by atoms with Gasteiger partial charge in [0.05, 0.1) is 24.1 Å². The van der Waals surface area contributed by atoms with E-state index >= 15 is 0 Å². The molecule has 1 unspecified atom stereocenters. The average Bonchev–Trinajstić information content (AvgIpc) is 3.33. The maximum atomic E-state index is 11.9. The molecular formula is C17H22N6O2. The van der Waals surface area contributed by atoms with Crippen LogP contribution >= 0.6 is 0 Å². The van der Waals surface area contributed by atoms with Gasteiger partial charge in [0.25, 0.3) is 5.56 Å². The summed E-state index contributed by atoms with van der Waals surface area (Å²) in [5.74, 6) is 0.190. The molecule has 2 aromatic rings. The lowest BCUT2D eigenvalue weighted by molar-refractivity contribution is -0.117. The Morgan fingerprint density at radius 3 is 2.88 bits per heavy atom. The van der Waals surface area contributed by atoms with E-state index in [1.807, 2.05) is 15.8 Å². The van der Waals surface area contributed by atoms with Crippen molar-refractivity contribution in [2.75, 3.05) is 31.1 Å². The van der Waals surface area contributed by atoms with Crippen LogP contribution in [-0.4, -0.2) is 56.3 Å². The third-order valence-electron chi connectivity index (χ3n) is 5.05. The van der Waals surface area contributed by atoms with Crippen LogP contribution in [0.1, 0.15) is 25.3 Å². The van der Waals surface area contributed by atoms with Gasteiger partial charge in [-0.2, -0.15) is 5.10 Å². The third-order valence-corrected chi connectivity index (χ3v) is 5.05. The molecule has 8 nitrogen and oxygen atoms in total. The van der Waals surface area contributed by atoms with Crippen LogP contribution in [0.4, 0.5) is 5.69 Å². The number of nitrogens with zero attached hydrogens (tertiary/aromatic N) is 6. The van der Waals surface area contributed by atoms with Crippen LogP contribution in [0.25, 0.3) is 0 Å². The average molecular weight is 342 g/mol. The number of anilines is 1. The summed E-state index contributed by atoms with van der Waals surface area (Å²) in [5, 5.41) is 4.48. The second kappa shape index (κ2) is 6.79. The van der Waals surface area contributed by atoms with E-state index in [9.17, 15) is 9.59 Å². The normalized spacial score (nSPS) is 21.4. The molecule has 0 aliphatic carbocycles. The second-order valence-corrected chi connectivity index (χ2v) is 6.68. The first-order valence-corrected chi connectivity index (χ1v) is 8.78. The molecule has 4 heterocycles. The zero-order valence-corrected chi connectivity index (χ0v) is 14.1. The van der Waals surface area contributed by atoms with Crippen LogP contribution in [0.15, 0.2) is 35.8 Å². The van der Waals surface area contributed by atoms with Crippen molar-refractivity contribution in [3.63, 3.8) is 0 Å². The minimum Gasteiger partial charge on any atom is -0.311 e. The van der Waals surface area contributed by atoms with Gasteiger partial charge in [-0.1, -0.05) is 0 Å². The van der Waals surface area contributed by atoms with Gasteiger partial charge < -0.3 is 9.47 Å². The number of likely N-dealkylation sites (tertiary alicyclic amines) is 1. The number of amides is 1. The number of carbonyl (C=O) groups is 1. The van der Waals surface area contributed by atoms with E-state index < -0.39 is 0 Å². The lowest BCUT2D eigenvalue weighted by atomic mass is 10.3. The topological polar surface area (TPSA) is 76.3 Å².